The summed E-state index contributed by atoms with van der Waals surface area (Å²) in [5, 5.41) is 19.2. The number of hydrogen-bond acceptors (Lipinski definition) is 6. The Bertz CT molecular complexity index is 1110. The maximum Gasteiger partial charge on any atom is 0.316 e. The molecular weight excluding hydrogens is 417 g/mol. The van der Waals surface area contributed by atoms with E-state index in [4.69, 9.17) is 4.74 Å². The number of anilines is 1. The van der Waals surface area contributed by atoms with Gasteiger partial charge in [-0.15, -0.1) is 0 Å². The number of aliphatic hydroxyl groups excluding tert-OH is 1. The summed E-state index contributed by atoms with van der Waals surface area (Å²) < 4.78 is 23.2. The number of carbonyl (C=O) groups excluding carboxylic acids is 1. The second-order valence-corrected chi connectivity index (χ2v) is 8.93. The Kier molecular flexibility index (Phi) is 4.98. The number of carboxylic acid groups (broad SMARTS) is 1. The highest BCUT2D eigenvalue weighted by Crippen LogP contribution is 2.49. The van der Waals surface area contributed by atoms with Crippen LogP contribution in [-0.2, 0) is 17.9 Å². The fourth-order valence-corrected chi connectivity index (χ4v) is 4.97. The monoisotopic (exact) mass is 443 g/mol. The van der Waals surface area contributed by atoms with E-state index in [-0.39, 0.29) is 42.1 Å². The fourth-order valence-electron chi connectivity index (χ4n) is 4.97. The van der Waals surface area contributed by atoms with Crippen molar-refractivity contribution < 1.29 is 28.9 Å². The molecule has 8 nitrogen and oxygen atoms in total. The van der Waals surface area contributed by atoms with Crippen molar-refractivity contribution in [2.45, 2.75) is 38.0 Å². The first kappa shape index (κ1) is 21.0. The van der Waals surface area contributed by atoms with Crippen LogP contribution in [0.3, 0.4) is 0 Å². The molecule has 1 fully saturated rings. The predicted octanol–water partition coefficient (Wildman–Crippen LogP) is 1.97. The molecule has 3 heterocycles. The molecule has 2 atom stereocenters. The molecule has 170 valence electrons. The second-order valence-electron chi connectivity index (χ2n) is 8.93. The summed E-state index contributed by atoms with van der Waals surface area (Å²) in [6, 6.07) is 3.18. The fraction of sp³-hybridized carbons (Fsp3) is 0.478. The molecule has 0 radical (unpaired) electrons. The number of aliphatic hydroxyl groups is 1. The number of halogens is 1. The summed E-state index contributed by atoms with van der Waals surface area (Å²) in [4.78, 5) is 28.6. The number of ether oxygens (including phenoxy) is 1. The molecule has 2 aliphatic heterocycles. The average Bonchev–Trinajstić information content (AvgIpc) is 3.52. The zero-order chi connectivity index (χ0) is 22.7. The molecule has 1 aromatic heterocycles. The number of hydrogen-bond donors (Lipinski definition) is 2. The van der Waals surface area contributed by atoms with Crippen LogP contribution >= 0.6 is 0 Å². The zero-order valence-corrected chi connectivity index (χ0v) is 18.0. The number of aromatic nitrogens is 1. The number of nitrogens with zero attached hydrogens (tertiary/aromatic N) is 3. The third-order valence-electron chi connectivity index (χ3n) is 6.87. The summed E-state index contributed by atoms with van der Waals surface area (Å²) in [6.45, 7) is 1.29. The van der Waals surface area contributed by atoms with Gasteiger partial charge in [0.1, 0.15) is 11.7 Å². The molecule has 0 saturated heterocycles. The van der Waals surface area contributed by atoms with Crippen LogP contribution in [0.5, 0.6) is 5.75 Å². The molecule has 0 amide bonds. The van der Waals surface area contributed by atoms with Gasteiger partial charge >= 0.3 is 5.97 Å². The lowest BCUT2D eigenvalue weighted by molar-refractivity contribution is -0.139. The smallest absolute Gasteiger partial charge is 0.316 e. The molecule has 2 N–H and O–H groups in total. The summed E-state index contributed by atoms with van der Waals surface area (Å²) in [5.74, 6) is -3.36. The number of likely N-dealkylation sites (N-methyl/N-ethyl adjacent to an activating group) is 1. The van der Waals surface area contributed by atoms with Crippen LogP contribution in [0.15, 0.2) is 18.3 Å². The summed E-state index contributed by atoms with van der Waals surface area (Å²) in [6.07, 6.45) is 3.64. The minimum Gasteiger partial charge on any atom is -0.494 e. The largest absolute Gasteiger partial charge is 0.494 e. The summed E-state index contributed by atoms with van der Waals surface area (Å²) in [7, 11) is 3.39. The van der Waals surface area contributed by atoms with Crippen molar-refractivity contribution in [2.75, 3.05) is 32.2 Å². The quantitative estimate of drug-likeness (QED) is 0.683. The number of carbonyl (C=O) groups is 2. The van der Waals surface area contributed by atoms with E-state index in [0.29, 0.717) is 24.3 Å². The maximum atomic E-state index is 15.5. The van der Waals surface area contributed by atoms with Gasteiger partial charge in [-0.05, 0) is 32.0 Å². The molecule has 1 unspecified atom stereocenters. The van der Waals surface area contributed by atoms with Crippen LogP contribution < -0.4 is 9.64 Å². The van der Waals surface area contributed by atoms with Gasteiger partial charge in [0.2, 0.25) is 0 Å². The Morgan fingerprint density at radius 2 is 2.03 bits per heavy atom. The van der Waals surface area contributed by atoms with Crippen molar-refractivity contribution in [2.24, 2.45) is 5.92 Å². The van der Waals surface area contributed by atoms with Gasteiger partial charge in [-0.1, -0.05) is 0 Å². The van der Waals surface area contributed by atoms with Gasteiger partial charge < -0.3 is 24.4 Å². The van der Waals surface area contributed by atoms with Gasteiger partial charge in [0.05, 0.1) is 31.0 Å². The Morgan fingerprint density at radius 1 is 1.28 bits per heavy atom. The Morgan fingerprint density at radius 3 is 2.66 bits per heavy atom. The van der Waals surface area contributed by atoms with E-state index in [0.717, 1.165) is 18.5 Å². The SMILES string of the molecule is COc1c(-c2cc3n(c2)C[C@H](CO)N(C)C3)c(F)cc2c1N(C1CC1)CC(C(=O)O)C2=O. The van der Waals surface area contributed by atoms with Gasteiger partial charge in [0.25, 0.3) is 0 Å². The minimum absolute atomic E-state index is 0.0195. The third-order valence-corrected chi connectivity index (χ3v) is 6.87. The van der Waals surface area contributed by atoms with Crippen molar-refractivity contribution in [1.29, 1.82) is 0 Å². The van der Waals surface area contributed by atoms with Gasteiger partial charge in [-0.25, -0.2) is 4.39 Å². The highest BCUT2D eigenvalue weighted by Gasteiger charge is 2.44. The number of aliphatic carboxylic acids is 1. The molecule has 3 aliphatic rings. The van der Waals surface area contributed by atoms with E-state index >= 15 is 4.39 Å². The number of methoxy groups -OCH3 is 1. The molecule has 9 heteroatoms. The highest BCUT2D eigenvalue weighted by atomic mass is 19.1. The van der Waals surface area contributed by atoms with Crippen LogP contribution in [0.25, 0.3) is 11.1 Å². The van der Waals surface area contributed by atoms with Crippen molar-refractivity contribution >= 4 is 17.4 Å². The molecule has 5 rings (SSSR count). The molecule has 0 bridgehead atoms. The van der Waals surface area contributed by atoms with E-state index in [9.17, 15) is 19.8 Å². The van der Waals surface area contributed by atoms with Crippen LogP contribution in [-0.4, -0.2) is 70.8 Å². The lowest BCUT2D eigenvalue weighted by atomic mass is 9.88. The van der Waals surface area contributed by atoms with Gasteiger partial charge in [-0.2, -0.15) is 0 Å². The summed E-state index contributed by atoms with van der Waals surface area (Å²) in [5.41, 5.74) is 2.45. The molecule has 32 heavy (non-hydrogen) atoms. The lowest BCUT2D eigenvalue weighted by Gasteiger charge is -2.35. The predicted molar refractivity (Wildman–Crippen MR) is 115 cm³/mol. The van der Waals surface area contributed by atoms with Crippen molar-refractivity contribution in [3.63, 3.8) is 0 Å². The molecular formula is C23H26FN3O5. The number of rotatable bonds is 5. The zero-order valence-electron chi connectivity index (χ0n) is 18.0. The number of benzene rings is 1. The number of Topliss-reactive ketones (excluding diaryl/α,β-unsaturated/α-hetero) is 1. The molecule has 1 aliphatic carbocycles. The van der Waals surface area contributed by atoms with Gasteiger partial charge in [0.15, 0.2) is 11.5 Å². The Hall–Kier alpha value is -2.91. The van der Waals surface area contributed by atoms with E-state index < -0.39 is 23.5 Å². The van der Waals surface area contributed by atoms with Crippen molar-refractivity contribution in [3.8, 4) is 16.9 Å². The first-order valence-electron chi connectivity index (χ1n) is 10.8. The number of carboxylic acids is 1. The lowest BCUT2D eigenvalue weighted by Crippen LogP contribution is -2.44. The average molecular weight is 443 g/mol. The first-order chi connectivity index (χ1) is 15.3. The molecule has 2 aromatic rings. The van der Waals surface area contributed by atoms with E-state index in [1.165, 1.54) is 13.2 Å². The molecule has 0 spiro atoms. The van der Waals surface area contributed by atoms with Crippen LogP contribution in [0.4, 0.5) is 10.1 Å². The first-order valence-corrected chi connectivity index (χ1v) is 10.8. The Labute approximate surface area is 184 Å². The van der Waals surface area contributed by atoms with E-state index in [1.54, 1.807) is 0 Å². The van der Waals surface area contributed by atoms with Crippen LogP contribution in [0.1, 0.15) is 28.9 Å². The topological polar surface area (TPSA) is 95.2 Å². The highest BCUT2D eigenvalue weighted by molar-refractivity contribution is 6.15. The van der Waals surface area contributed by atoms with E-state index in [2.05, 4.69) is 4.90 Å². The Balaban J connectivity index is 1.66. The summed E-state index contributed by atoms with van der Waals surface area (Å²) >= 11 is 0. The number of ketones is 1. The van der Waals surface area contributed by atoms with Gasteiger partial charge in [0, 0.05) is 48.7 Å². The molecule has 1 saturated carbocycles. The minimum atomic E-state index is -1.22. The third kappa shape index (κ3) is 3.18. The second kappa shape index (κ2) is 7.60. The van der Waals surface area contributed by atoms with E-state index in [1.807, 2.05) is 28.8 Å². The normalized spacial score (nSPS) is 23.1. The number of fused-ring (bicyclic) bond motifs is 2. The van der Waals surface area contributed by atoms with Crippen molar-refractivity contribution in [1.82, 2.24) is 9.47 Å². The van der Waals surface area contributed by atoms with Crippen LogP contribution in [0.2, 0.25) is 0 Å². The standard InChI is InChI=1S/C23H26FN3O5/c1-25-8-14-5-12(7-26(14)9-15(25)11-28)19-18(24)6-16-20(22(19)32-2)27(13-3-4-13)10-17(21(16)29)23(30)31/h5-7,13,15,17,28H,3-4,8-11H2,1-2H3,(H,30,31)/t15-,17?/m1/s1. The van der Waals surface area contributed by atoms with Crippen molar-refractivity contribution in [3.05, 3.63) is 35.4 Å². The van der Waals surface area contributed by atoms with Gasteiger partial charge in [-0.3, -0.25) is 14.5 Å². The molecule has 1 aromatic carbocycles. The maximum absolute atomic E-state index is 15.5. The van der Waals surface area contributed by atoms with Crippen LogP contribution in [0, 0.1) is 11.7 Å².